The molecule has 3 aromatic rings. The van der Waals surface area contributed by atoms with Gasteiger partial charge in [0.15, 0.2) is 0 Å². The zero-order chi connectivity index (χ0) is 31.0. The number of hydrogen-bond donors (Lipinski definition) is 2. The highest BCUT2D eigenvalue weighted by atomic mass is 28.3. The second kappa shape index (κ2) is 14.2. The van der Waals surface area contributed by atoms with E-state index in [2.05, 4.69) is 88.4 Å². The molecule has 2 aromatic carbocycles. The highest BCUT2D eigenvalue weighted by Crippen LogP contribution is 2.33. The maximum absolute atomic E-state index is 12.7. The zero-order valence-corrected chi connectivity index (χ0v) is 27.7. The molecule has 8 nitrogen and oxygen atoms in total. The summed E-state index contributed by atoms with van der Waals surface area (Å²) in [7, 11) is -1.08. The van der Waals surface area contributed by atoms with Crippen LogP contribution in [0.3, 0.4) is 0 Å². The third kappa shape index (κ3) is 9.40. The lowest BCUT2D eigenvalue weighted by molar-refractivity contribution is 0.0218. The molecule has 0 saturated carbocycles. The Morgan fingerprint density at radius 1 is 1.09 bits per heavy atom. The molecular weight excluding hydrogens is 554 g/mol. The van der Waals surface area contributed by atoms with Gasteiger partial charge in [0.1, 0.15) is 18.2 Å². The molecule has 1 fully saturated rings. The van der Waals surface area contributed by atoms with Crippen molar-refractivity contribution in [3.8, 4) is 22.4 Å². The Morgan fingerprint density at radius 3 is 2.37 bits per heavy atom. The van der Waals surface area contributed by atoms with Gasteiger partial charge in [-0.15, -0.1) is 0 Å². The predicted molar refractivity (Wildman–Crippen MR) is 179 cm³/mol. The third-order valence-corrected chi connectivity index (χ3v) is 8.98. The molecule has 1 aliphatic heterocycles. The molecule has 1 aromatic heterocycles. The van der Waals surface area contributed by atoms with E-state index in [1.54, 1.807) is 11.2 Å². The van der Waals surface area contributed by atoms with E-state index in [0.717, 1.165) is 65.0 Å². The van der Waals surface area contributed by atoms with Crippen molar-refractivity contribution >= 4 is 26.2 Å². The van der Waals surface area contributed by atoms with Crippen LogP contribution >= 0.6 is 0 Å². The standard InChI is InChI=1S/C34H47N5O3Si/c1-8-29(37-23-35-24-41-20-21-43(5,6)7)27-15-11-25(12-16-27)26-13-17-28(18-14-26)30-22-36-32(38-30)31-10-9-19-39(31)33(40)42-34(2,3)4/h8,11-18,22-23,31H,9-10,19-21,24H2,1-7H3,(H,35,37)(H,36,38)/b29-8-/t31-/m1/s1. The number of hydrogen-bond acceptors (Lipinski definition) is 5. The average molecular weight is 602 g/mol. The number of aromatic amines is 1. The highest BCUT2D eigenvalue weighted by Gasteiger charge is 2.34. The summed E-state index contributed by atoms with van der Waals surface area (Å²) in [5.74, 6) is 0.797. The summed E-state index contributed by atoms with van der Waals surface area (Å²) in [5, 5.41) is 3.28. The van der Waals surface area contributed by atoms with Crippen LogP contribution in [0.4, 0.5) is 4.79 Å². The van der Waals surface area contributed by atoms with Crippen molar-refractivity contribution < 1.29 is 14.3 Å². The third-order valence-electron chi connectivity index (χ3n) is 7.28. The summed E-state index contributed by atoms with van der Waals surface area (Å²) in [6.07, 6.45) is 7.11. The number of ether oxygens (including phenoxy) is 2. The molecule has 4 rings (SSSR count). The van der Waals surface area contributed by atoms with Gasteiger partial charge in [-0.05, 0) is 68.8 Å². The number of likely N-dealkylation sites (tertiary alicyclic amines) is 1. The number of benzene rings is 2. The van der Waals surface area contributed by atoms with Gasteiger partial charge in [-0.3, -0.25) is 4.90 Å². The first-order valence-electron chi connectivity index (χ1n) is 15.2. The zero-order valence-electron chi connectivity index (χ0n) is 26.7. The van der Waals surface area contributed by atoms with E-state index in [1.807, 2.05) is 40.0 Å². The van der Waals surface area contributed by atoms with Gasteiger partial charge in [-0.1, -0.05) is 74.2 Å². The van der Waals surface area contributed by atoms with Gasteiger partial charge in [-0.2, -0.15) is 0 Å². The van der Waals surface area contributed by atoms with Crippen molar-refractivity contribution in [2.24, 2.45) is 4.99 Å². The van der Waals surface area contributed by atoms with E-state index in [0.29, 0.717) is 13.3 Å². The summed E-state index contributed by atoms with van der Waals surface area (Å²) in [6.45, 7) is 16.5. The molecular formula is C34H47N5O3Si. The first-order valence-corrected chi connectivity index (χ1v) is 18.9. The van der Waals surface area contributed by atoms with Gasteiger partial charge >= 0.3 is 6.09 Å². The van der Waals surface area contributed by atoms with E-state index < -0.39 is 13.7 Å². The molecule has 1 saturated heterocycles. The fourth-order valence-corrected chi connectivity index (χ4v) is 5.67. The van der Waals surface area contributed by atoms with Gasteiger partial charge < -0.3 is 19.8 Å². The van der Waals surface area contributed by atoms with Crippen molar-refractivity contribution in [3.05, 3.63) is 72.2 Å². The first-order chi connectivity index (χ1) is 20.4. The van der Waals surface area contributed by atoms with Crippen LogP contribution in [0.1, 0.15) is 58.0 Å². The Balaban J connectivity index is 1.34. The lowest BCUT2D eigenvalue weighted by Crippen LogP contribution is -2.36. The summed E-state index contributed by atoms with van der Waals surface area (Å²) in [5.41, 5.74) is 5.81. The molecule has 1 atom stereocenters. The molecule has 9 heteroatoms. The molecule has 0 bridgehead atoms. The quantitative estimate of drug-likeness (QED) is 0.100. The Bertz CT molecular complexity index is 1400. The van der Waals surface area contributed by atoms with E-state index in [4.69, 9.17) is 9.47 Å². The highest BCUT2D eigenvalue weighted by molar-refractivity contribution is 6.76. The fourth-order valence-electron chi connectivity index (χ4n) is 4.91. The number of carbonyl (C=O) groups excluding carboxylic acids is 1. The Kier molecular flexibility index (Phi) is 10.6. The normalized spacial score (nSPS) is 16.2. The minimum absolute atomic E-state index is 0.0997. The van der Waals surface area contributed by atoms with Crippen LogP contribution in [0.15, 0.2) is 65.8 Å². The van der Waals surface area contributed by atoms with Crippen molar-refractivity contribution in [3.63, 3.8) is 0 Å². The van der Waals surface area contributed by atoms with E-state index >= 15 is 0 Å². The number of imidazole rings is 1. The van der Waals surface area contributed by atoms with E-state index in [1.165, 1.54) is 0 Å². The van der Waals surface area contributed by atoms with Crippen LogP contribution in [0, 0.1) is 0 Å². The number of H-pyrrole nitrogens is 1. The lowest BCUT2D eigenvalue weighted by Gasteiger charge is -2.27. The maximum atomic E-state index is 12.7. The largest absolute Gasteiger partial charge is 0.444 e. The summed E-state index contributed by atoms with van der Waals surface area (Å²) in [4.78, 5) is 26.9. The smallest absolute Gasteiger partial charge is 0.410 e. The van der Waals surface area contributed by atoms with Crippen molar-refractivity contribution in [1.29, 1.82) is 0 Å². The van der Waals surface area contributed by atoms with Crippen molar-refractivity contribution in [2.75, 3.05) is 19.9 Å². The Labute approximate surface area is 257 Å². The molecule has 0 spiro atoms. The van der Waals surface area contributed by atoms with Crippen molar-refractivity contribution in [2.45, 2.75) is 77.9 Å². The Hall–Kier alpha value is -3.69. The molecule has 0 radical (unpaired) electrons. The molecule has 1 amide bonds. The number of carbonyl (C=O) groups is 1. The van der Waals surface area contributed by atoms with Crippen LogP contribution < -0.4 is 5.32 Å². The van der Waals surface area contributed by atoms with Crippen LogP contribution in [0.5, 0.6) is 0 Å². The Morgan fingerprint density at radius 2 is 1.74 bits per heavy atom. The second-order valence-corrected chi connectivity index (χ2v) is 18.8. The number of nitrogens with one attached hydrogen (secondary N) is 2. The molecule has 2 heterocycles. The van der Waals surface area contributed by atoms with Gasteiger partial charge in [0.25, 0.3) is 0 Å². The number of rotatable bonds is 11. The lowest BCUT2D eigenvalue weighted by atomic mass is 10.0. The average Bonchev–Trinajstić information content (AvgIpc) is 3.64. The molecule has 230 valence electrons. The molecule has 2 N–H and O–H groups in total. The van der Waals surface area contributed by atoms with Gasteiger partial charge in [0.2, 0.25) is 0 Å². The monoisotopic (exact) mass is 601 g/mol. The minimum atomic E-state index is -1.08. The summed E-state index contributed by atoms with van der Waals surface area (Å²) >= 11 is 0. The second-order valence-electron chi connectivity index (χ2n) is 13.2. The van der Waals surface area contributed by atoms with E-state index in [-0.39, 0.29) is 12.1 Å². The molecule has 0 unspecified atom stereocenters. The van der Waals surface area contributed by atoms with Crippen LogP contribution in [-0.4, -0.2) is 60.9 Å². The number of allylic oxidation sites excluding steroid dienone is 1. The minimum Gasteiger partial charge on any atom is -0.444 e. The van der Waals surface area contributed by atoms with Gasteiger partial charge in [-0.25, -0.2) is 14.8 Å². The summed E-state index contributed by atoms with van der Waals surface area (Å²) < 4.78 is 11.3. The molecule has 0 aliphatic carbocycles. The SMILES string of the molecule is C/C=C(\NC=NCOCC[Si](C)(C)C)c1ccc(-c2ccc(-c3cnc([C@H]4CCCN4C(=O)OC(C)(C)C)[nH]3)cc2)cc1. The van der Waals surface area contributed by atoms with E-state index in [9.17, 15) is 4.79 Å². The summed E-state index contributed by atoms with van der Waals surface area (Å²) in [6, 6.07) is 18.0. The van der Waals surface area contributed by atoms with Crippen molar-refractivity contribution in [1.82, 2.24) is 20.2 Å². The predicted octanol–water partition coefficient (Wildman–Crippen LogP) is 8.11. The molecule has 1 aliphatic rings. The van der Waals surface area contributed by atoms with Crippen LogP contribution in [0.2, 0.25) is 25.7 Å². The number of nitrogens with zero attached hydrogens (tertiary/aromatic N) is 3. The maximum Gasteiger partial charge on any atom is 0.410 e. The fraction of sp³-hybridized carbons (Fsp3) is 0.441. The first kappa shape index (κ1) is 32.2. The van der Waals surface area contributed by atoms with Gasteiger partial charge in [0, 0.05) is 26.9 Å². The van der Waals surface area contributed by atoms with Crippen LogP contribution in [-0.2, 0) is 9.47 Å². The van der Waals surface area contributed by atoms with Crippen LogP contribution in [0.25, 0.3) is 28.1 Å². The number of aromatic nitrogens is 2. The molecule has 43 heavy (non-hydrogen) atoms. The number of aliphatic imine (C=N–C) groups is 1. The van der Waals surface area contributed by atoms with Gasteiger partial charge in [0.05, 0.1) is 24.3 Å². The number of amides is 1. The topological polar surface area (TPSA) is 91.8 Å².